The van der Waals surface area contributed by atoms with E-state index in [0.717, 1.165) is 61.3 Å². The van der Waals surface area contributed by atoms with Gasteiger partial charge in [-0.25, -0.2) is 9.97 Å². The quantitative estimate of drug-likeness (QED) is 0.215. The van der Waals surface area contributed by atoms with E-state index in [1.54, 1.807) is 6.07 Å². The maximum atomic E-state index is 11.0. The van der Waals surface area contributed by atoms with E-state index in [1.165, 1.54) is 16.3 Å². The van der Waals surface area contributed by atoms with Crippen LogP contribution >= 0.6 is 0 Å². The molecule has 0 radical (unpaired) electrons. The minimum atomic E-state index is -0.0590. The molecule has 0 aliphatic carbocycles. The van der Waals surface area contributed by atoms with E-state index in [2.05, 4.69) is 142 Å². The second-order valence-electron chi connectivity index (χ2n) is 14.6. The summed E-state index contributed by atoms with van der Waals surface area (Å²) in [6, 6.07) is 38.0. The van der Waals surface area contributed by atoms with Crippen LogP contribution in [-0.2, 0) is 10.8 Å². The van der Waals surface area contributed by atoms with Crippen molar-refractivity contribution in [1.29, 1.82) is 0 Å². The molecule has 4 aromatic heterocycles. The van der Waals surface area contributed by atoms with Crippen molar-refractivity contribution in [2.75, 3.05) is 0 Å². The maximum Gasteiger partial charge on any atom is 0.146 e. The van der Waals surface area contributed by atoms with Gasteiger partial charge in [0.15, 0.2) is 0 Å². The Balaban J connectivity index is 1.41. The molecule has 5 nitrogen and oxygen atoms in total. The van der Waals surface area contributed by atoms with E-state index < -0.39 is 0 Å². The number of para-hydroxylation sites is 2. The Hall–Kier alpha value is -5.42. The van der Waals surface area contributed by atoms with Crippen LogP contribution in [0.3, 0.4) is 0 Å². The fourth-order valence-electron chi connectivity index (χ4n) is 6.81. The Morgan fingerprint density at radius 2 is 1.17 bits per heavy atom. The molecule has 0 saturated heterocycles. The van der Waals surface area contributed by atoms with Gasteiger partial charge in [0.25, 0.3) is 0 Å². The lowest BCUT2D eigenvalue weighted by atomic mass is 9.85. The van der Waals surface area contributed by atoms with Crippen molar-refractivity contribution in [2.45, 2.75) is 52.4 Å². The van der Waals surface area contributed by atoms with Gasteiger partial charge < -0.3 is 5.11 Å². The Morgan fingerprint density at radius 3 is 1.89 bits per heavy atom. The Bertz CT molecular complexity index is 2500. The summed E-state index contributed by atoms with van der Waals surface area (Å²) in [6.45, 7) is 13.3. The molecule has 4 heterocycles. The number of phenols is 1. The SMILES string of the molecule is CC(C)(C)c1ccnc(-n2c3ccccc3c3ccc(-n4c5ccccc5c5ccc(-c6cc(C(C)(C)C)ccc6O)nc54)cc32)c1. The van der Waals surface area contributed by atoms with Crippen molar-refractivity contribution in [1.82, 2.24) is 19.1 Å². The predicted molar refractivity (Wildman–Crippen MR) is 195 cm³/mol. The van der Waals surface area contributed by atoms with Gasteiger partial charge in [0.2, 0.25) is 0 Å². The predicted octanol–water partition coefficient (Wildman–Crippen LogP) is 10.6. The Labute approximate surface area is 274 Å². The van der Waals surface area contributed by atoms with Crippen molar-refractivity contribution in [3.8, 4) is 28.5 Å². The third-order valence-corrected chi connectivity index (χ3v) is 9.42. The second-order valence-corrected chi connectivity index (χ2v) is 14.6. The molecular formula is C42H38N4O. The van der Waals surface area contributed by atoms with Gasteiger partial charge in [-0.2, -0.15) is 0 Å². The summed E-state index contributed by atoms with van der Waals surface area (Å²) in [7, 11) is 0. The van der Waals surface area contributed by atoms with Gasteiger partial charge in [-0.05, 0) is 82.6 Å². The topological polar surface area (TPSA) is 55.9 Å². The molecule has 0 amide bonds. The normalized spacial score (nSPS) is 12.6. The molecule has 5 heteroatoms. The minimum absolute atomic E-state index is 0.00517. The largest absolute Gasteiger partial charge is 0.507 e. The number of phenolic OH excluding ortho intramolecular Hbond substituents is 1. The third-order valence-electron chi connectivity index (χ3n) is 9.42. The summed E-state index contributed by atoms with van der Waals surface area (Å²) in [6.07, 6.45) is 1.92. The van der Waals surface area contributed by atoms with Gasteiger partial charge in [0.1, 0.15) is 17.2 Å². The van der Waals surface area contributed by atoms with Crippen LogP contribution in [0, 0.1) is 0 Å². The van der Waals surface area contributed by atoms with Crippen LogP contribution in [-0.4, -0.2) is 24.2 Å². The molecule has 0 unspecified atom stereocenters. The van der Waals surface area contributed by atoms with E-state index in [-0.39, 0.29) is 16.6 Å². The molecule has 47 heavy (non-hydrogen) atoms. The second kappa shape index (κ2) is 10.3. The number of pyridine rings is 2. The molecule has 0 fully saturated rings. The molecule has 232 valence electrons. The number of nitrogens with zero attached hydrogens (tertiary/aromatic N) is 4. The highest BCUT2D eigenvalue weighted by Gasteiger charge is 2.21. The summed E-state index contributed by atoms with van der Waals surface area (Å²) in [4.78, 5) is 10.2. The lowest BCUT2D eigenvalue weighted by Gasteiger charge is -2.20. The number of aromatic hydroxyl groups is 1. The van der Waals surface area contributed by atoms with E-state index >= 15 is 0 Å². The zero-order chi connectivity index (χ0) is 32.7. The van der Waals surface area contributed by atoms with Crippen LogP contribution in [0.25, 0.3) is 66.5 Å². The van der Waals surface area contributed by atoms with Crippen molar-refractivity contribution < 1.29 is 5.11 Å². The van der Waals surface area contributed by atoms with Gasteiger partial charge in [0, 0.05) is 39.0 Å². The molecule has 8 rings (SSSR count). The zero-order valence-electron chi connectivity index (χ0n) is 27.7. The average Bonchev–Trinajstić information content (AvgIpc) is 3.56. The molecule has 1 N–H and O–H groups in total. The smallest absolute Gasteiger partial charge is 0.146 e. The summed E-state index contributed by atoms with van der Waals surface area (Å²) in [5.74, 6) is 1.13. The van der Waals surface area contributed by atoms with Gasteiger partial charge >= 0.3 is 0 Å². The number of hydrogen-bond donors (Lipinski definition) is 1. The number of benzene rings is 4. The highest BCUT2D eigenvalue weighted by Crippen LogP contribution is 2.39. The van der Waals surface area contributed by atoms with Crippen LogP contribution in [0.4, 0.5) is 0 Å². The molecule has 0 bridgehead atoms. The van der Waals surface area contributed by atoms with Crippen LogP contribution < -0.4 is 0 Å². The van der Waals surface area contributed by atoms with E-state index in [9.17, 15) is 5.11 Å². The Morgan fingerprint density at radius 1 is 0.553 bits per heavy atom. The first-order valence-corrected chi connectivity index (χ1v) is 16.2. The van der Waals surface area contributed by atoms with Crippen molar-refractivity contribution in [3.63, 3.8) is 0 Å². The van der Waals surface area contributed by atoms with Gasteiger partial charge in [-0.15, -0.1) is 0 Å². The number of hydrogen-bond acceptors (Lipinski definition) is 3. The van der Waals surface area contributed by atoms with Crippen LogP contribution in [0.1, 0.15) is 52.7 Å². The summed E-state index contributed by atoms with van der Waals surface area (Å²) < 4.78 is 4.53. The fraction of sp³-hybridized carbons (Fsp3) is 0.190. The first-order chi connectivity index (χ1) is 22.5. The summed E-state index contributed by atoms with van der Waals surface area (Å²) in [5.41, 5.74) is 8.93. The molecule has 0 atom stereocenters. The molecule has 0 aliphatic heterocycles. The first-order valence-electron chi connectivity index (χ1n) is 16.2. The standard InChI is InChI=1S/C42H38N4O/c1-41(2,3)26-15-20-38(47)33(23-26)34-19-18-32-30-12-8-9-13-35(30)45(40(32)44-34)28-16-17-31-29-11-7-10-14-36(29)46(37(31)25-28)39-24-27(21-22-43-39)42(4,5)6/h7-25,47H,1-6H3. The molecule has 8 aromatic rings. The van der Waals surface area contributed by atoms with Crippen molar-refractivity contribution in [2.24, 2.45) is 0 Å². The number of aromatic nitrogens is 4. The van der Waals surface area contributed by atoms with E-state index in [0.29, 0.717) is 0 Å². The van der Waals surface area contributed by atoms with E-state index in [1.807, 2.05) is 18.3 Å². The lowest BCUT2D eigenvalue weighted by molar-refractivity contribution is 0.476. The molecular weight excluding hydrogens is 576 g/mol. The van der Waals surface area contributed by atoms with Gasteiger partial charge in [0.05, 0.1) is 22.2 Å². The van der Waals surface area contributed by atoms with Gasteiger partial charge in [-0.1, -0.05) is 90.1 Å². The Kier molecular flexibility index (Phi) is 6.36. The maximum absolute atomic E-state index is 11.0. The first kappa shape index (κ1) is 29.0. The molecule has 0 aliphatic rings. The number of rotatable bonds is 3. The van der Waals surface area contributed by atoms with Crippen molar-refractivity contribution >= 4 is 43.7 Å². The van der Waals surface area contributed by atoms with Crippen LogP contribution in [0.2, 0.25) is 0 Å². The van der Waals surface area contributed by atoms with Crippen LogP contribution in [0.5, 0.6) is 5.75 Å². The fourth-order valence-corrected chi connectivity index (χ4v) is 6.81. The summed E-state index contributed by atoms with van der Waals surface area (Å²) >= 11 is 0. The third kappa shape index (κ3) is 4.68. The zero-order valence-corrected chi connectivity index (χ0v) is 27.7. The lowest BCUT2D eigenvalue weighted by Crippen LogP contribution is -2.12. The number of fused-ring (bicyclic) bond motifs is 6. The highest BCUT2D eigenvalue weighted by molar-refractivity contribution is 6.11. The minimum Gasteiger partial charge on any atom is -0.507 e. The monoisotopic (exact) mass is 614 g/mol. The average molecular weight is 615 g/mol. The van der Waals surface area contributed by atoms with Crippen LogP contribution in [0.15, 0.2) is 115 Å². The highest BCUT2D eigenvalue weighted by atomic mass is 16.3. The molecule has 0 spiro atoms. The van der Waals surface area contributed by atoms with Gasteiger partial charge in [-0.3, -0.25) is 9.13 Å². The van der Waals surface area contributed by atoms with Crippen molar-refractivity contribution in [3.05, 3.63) is 127 Å². The summed E-state index contributed by atoms with van der Waals surface area (Å²) in [5, 5.41) is 15.6. The molecule has 0 saturated carbocycles. The van der Waals surface area contributed by atoms with E-state index in [4.69, 9.17) is 9.97 Å². The molecule has 4 aromatic carbocycles.